The molecule has 5 heteroatoms. The van der Waals surface area contributed by atoms with Crippen LogP contribution in [-0.4, -0.2) is 15.9 Å². The summed E-state index contributed by atoms with van der Waals surface area (Å²) >= 11 is 0. The lowest BCUT2D eigenvalue weighted by Gasteiger charge is -2.02. The highest BCUT2D eigenvalue weighted by atomic mass is 16.1. The molecule has 3 rings (SSSR count). The number of imidazole rings is 1. The molecule has 0 spiro atoms. The Kier molecular flexibility index (Phi) is 2.45. The van der Waals surface area contributed by atoms with Crippen molar-refractivity contribution < 1.29 is 4.79 Å². The van der Waals surface area contributed by atoms with Crippen molar-refractivity contribution in [2.24, 2.45) is 5.73 Å². The number of fused-ring (bicyclic) bond motifs is 1. The van der Waals surface area contributed by atoms with E-state index in [2.05, 4.69) is 9.97 Å². The number of aromatic amines is 1. The van der Waals surface area contributed by atoms with E-state index in [0.717, 1.165) is 22.2 Å². The molecule has 0 aliphatic heterocycles. The SMILES string of the molecule is NC(=O)c1ccc(-c2ccc3nc(N)[nH]c3c2)cc1. The van der Waals surface area contributed by atoms with Gasteiger partial charge in [0.25, 0.3) is 0 Å². The zero-order valence-electron chi connectivity index (χ0n) is 10.1. The van der Waals surface area contributed by atoms with Gasteiger partial charge in [-0.3, -0.25) is 4.79 Å². The van der Waals surface area contributed by atoms with Gasteiger partial charge in [0.2, 0.25) is 5.91 Å². The normalized spacial score (nSPS) is 10.7. The molecule has 0 radical (unpaired) electrons. The van der Waals surface area contributed by atoms with Gasteiger partial charge in [-0.2, -0.15) is 0 Å². The first-order chi connectivity index (χ1) is 9.13. The number of amides is 1. The fourth-order valence-corrected chi connectivity index (χ4v) is 2.04. The average Bonchev–Trinajstić information content (AvgIpc) is 2.77. The standard InChI is InChI=1S/C14H12N4O/c15-13(19)9-3-1-8(2-4-9)10-5-6-11-12(7-10)18-14(16)17-11/h1-7H,(H2,15,19)(H3,16,17,18). The minimum Gasteiger partial charge on any atom is -0.369 e. The quantitative estimate of drug-likeness (QED) is 0.649. The van der Waals surface area contributed by atoms with E-state index in [1.807, 2.05) is 30.3 Å². The van der Waals surface area contributed by atoms with Crippen molar-refractivity contribution in [2.75, 3.05) is 5.73 Å². The molecular weight excluding hydrogens is 240 g/mol. The van der Waals surface area contributed by atoms with E-state index in [1.165, 1.54) is 0 Å². The molecule has 0 fully saturated rings. The third kappa shape index (κ3) is 2.01. The average molecular weight is 252 g/mol. The topological polar surface area (TPSA) is 97.8 Å². The number of aromatic nitrogens is 2. The highest BCUT2D eigenvalue weighted by Crippen LogP contribution is 2.24. The van der Waals surface area contributed by atoms with Crippen LogP contribution < -0.4 is 11.5 Å². The van der Waals surface area contributed by atoms with E-state index >= 15 is 0 Å². The van der Waals surface area contributed by atoms with Gasteiger partial charge in [-0.05, 0) is 35.4 Å². The third-order valence-corrected chi connectivity index (χ3v) is 3.00. The predicted octanol–water partition coefficient (Wildman–Crippen LogP) is 1.91. The van der Waals surface area contributed by atoms with Gasteiger partial charge in [-0.1, -0.05) is 18.2 Å². The molecule has 94 valence electrons. The number of H-pyrrole nitrogens is 1. The number of nitrogens with one attached hydrogen (secondary N) is 1. The van der Waals surface area contributed by atoms with Gasteiger partial charge in [0.05, 0.1) is 11.0 Å². The molecule has 0 unspecified atom stereocenters. The van der Waals surface area contributed by atoms with Crippen molar-refractivity contribution in [2.45, 2.75) is 0 Å². The Balaban J connectivity index is 2.05. The predicted molar refractivity (Wildman–Crippen MR) is 74.5 cm³/mol. The number of nitrogens with two attached hydrogens (primary N) is 2. The van der Waals surface area contributed by atoms with Crippen LogP contribution in [0, 0.1) is 0 Å². The molecule has 0 saturated carbocycles. The number of primary amides is 1. The molecule has 0 saturated heterocycles. The van der Waals surface area contributed by atoms with Crippen molar-refractivity contribution in [3.63, 3.8) is 0 Å². The molecule has 3 aromatic rings. The Labute approximate surface area is 109 Å². The molecule has 5 N–H and O–H groups in total. The van der Waals surface area contributed by atoms with Crippen molar-refractivity contribution in [1.29, 1.82) is 0 Å². The van der Waals surface area contributed by atoms with Gasteiger partial charge in [-0.15, -0.1) is 0 Å². The summed E-state index contributed by atoms with van der Waals surface area (Å²) in [7, 11) is 0. The van der Waals surface area contributed by atoms with Crippen molar-refractivity contribution in [3.05, 3.63) is 48.0 Å². The van der Waals surface area contributed by atoms with E-state index in [1.54, 1.807) is 12.1 Å². The summed E-state index contributed by atoms with van der Waals surface area (Å²) in [5, 5.41) is 0. The number of anilines is 1. The second-order valence-corrected chi connectivity index (χ2v) is 4.30. The van der Waals surface area contributed by atoms with Gasteiger partial charge in [0.1, 0.15) is 0 Å². The number of carbonyl (C=O) groups excluding carboxylic acids is 1. The Morgan fingerprint density at radius 1 is 1.05 bits per heavy atom. The summed E-state index contributed by atoms with van der Waals surface area (Å²) in [5.41, 5.74) is 15.1. The first-order valence-corrected chi connectivity index (χ1v) is 5.79. The number of nitrogen functional groups attached to an aromatic ring is 1. The highest BCUT2D eigenvalue weighted by molar-refractivity contribution is 5.93. The summed E-state index contributed by atoms with van der Waals surface area (Å²) in [6.45, 7) is 0. The van der Waals surface area contributed by atoms with Crippen LogP contribution in [0.5, 0.6) is 0 Å². The van der Waals surface area contributed by atoms with E-state index < -0.39 is 5.91 Å². The lowest BCUT2D eigenvalue weighted by atomic mass is 10.0. The Hall–Kier alpha value is -2.82. The molecule has 5 nitrogen and oxygen atoms in total. The molecular formula is C14H12N4O. The minimum absolute atomic E-state index is 0.399. The molecule has 1 aromatic heterocycles. The molecule has 0 aliphatic carbocycles. The summed E-state index contributed by atoms with van der Waals surface area (Å²) in [6, 6.07) is 13.0. The molecule has 19 heavy (non-hydrogen) atoms. The van der Waals surface area contributed by atoms with Gasteiger partial charge >= 0.3 is 0 Å². The molecule has 2 aromatic carbocycles. The van der Waals surface area contributed by atoms with Crippen LogP contribution in [-0.2, 0) is 0 Å². The van der Waals surface area contributed by atoms with Crippen LogP contribution in [0.15, 0.2) is 42.5 Å². The third-order valence-electron chi connectivity index (χ3n) is 3.00. The number of hydrogen-bond acceptors (Lipinski definition) is 3. The molecule has 0 atom stereocenters. The monoisotopic (exact) mass is 252 g/mol. The van der Waals surface area contributed by atoms with Crippen molar-refractivity contribution in [3.8, 4) is 11.1 Å². The van der Waals surface area contributed by atoms with Crippen LogP contribution in [0.25, 0.3) is 22.2 Å². The highest BCUT2D eigenvalue weighted by Gasteiger charge is 2.04. The molecule has 0 bridgehead atoms. The van der Waals surface area contributed by atoms with Gasteiger partial charge < -0.3 is 16.5 Å². The summed E-state index contributed by atoms with van der Waals surface area (Å²) in [5.74, 6) is -0.0282. The smallest absolute Gasteiger partial charge is 0.248 e. The largest absolute Gasteiger partial charge is 0.369 e. The Morgan fingerprint density at radius 2 is 1.74 bits per heavy atom. The van der Waals surface area contributed by atoms with E-state index in [0.29, 0.717) is 11.5 Å². The Morgan fingerprint density at radius 3 is 2.42 bits per heavy atom. The molecule has 1 amide bonds. The second-order valence-electron chi connectivity index (χ2n) is 4.30. The number of hydrogen-bond donors (Lipinski definition) is 3. The molecule has 1 heterocycles. The fourth-order valence-electron chi connectivity index (χ4n) is 2.04. The van der Waals surface area contributed by atoms with E-state index in [4.69, 9.17) is 11.5 Å². The van der Waals surface area contributed by atoms with Crippen LogP contribution in [0.3, 0.4) is 0 Å². The lowest BCUT2D eigenvalue weighted by Crippen LogP contribution is -2.10. The van der Waals surface area contributed by atoms with Crippen LogP contribution in [0.4, 0.5) is 5.95 Å². The minimum atomic E-state index is -0.427. The number of nitrogens with zero attached hydrogens (tertiary/aromatic N) is 1. The fraction of sp³-hybridized carbons (Fsp3) is 0. The van der Waals surface area contributed by atoms with Crippen LogP contribution >= 0.6 is 0 Å². The van der Waals surface area contributed by atoms with Gasteiger partial charge in [0, 0.05) is 5.56 Å². The van der Waals surface area contributed by atoms with Gasteiger partial charge in [0.15, 0.2) is 5.95 Å². The van der Waals surface area contributed by atoms with E-state index in [-0.39, 0.29) is 0 Å². The number of carbonyl (C=O) groups is 1. The first kappa shape index (κ1) is 11.3. The zero-order valence-corrected chi connectivity index (χ0v) is 10.1. The molecule has 0 aliphatic rings. The Bertz CT molecular complexity index is 759. The second kappa shape index (κ2) is 4.13. The zero-order chi connectivity index (χ0) is 13.4. The lowest BCUT2D eigenvalue weighted by molar-refractivity contribution is 0.100. The number of rotatable bonds is 2. The maximum absolute atomic E-state index is 11.0. The van der Waals surface area contributed by atoms with E-state index in [9.17, 15) is 4.79 Å². The van der Waals surface area contributed by atoms with Crippen molar-refractivity contribution in [1.82, 2.24) is 9.97 Å². The number of benzene rings is 2. The first-order valence-electron chi connectivity index (χ1n) is 5.79. The van der Waals surface area contributed by atoms with Gasteiger partial charge in [-0.25, -0.2) is 4.98 Å². The maximum atomic E-state index is 11.0. The van der Waals surface area contributed by atoms with Crippen LogP contribution in [0.1, 0.15) is 10.4 Å². The maximum Gasteiger partial charge on any atom is 0.248 e. The summed E-state index contributed by atoms with van der Waals surface area (Å²) in [6.07, 6.45) is 0. The van der Waals surface area contributed by atoms with Crippen molar-refractivity contribution >= 4 is 22.9 Å². The summed E-state index contributed by atoms with van der Waals surface area (Å²) in [4.78, 5) is 18.2. The van der Waals surface area contributed by atoms with Crippen LogP contribution in [0.2, 0.25) is 0 Å². The summed E-state index contributed by atoms with van der Waals surface area (Å²) < 4.78 is 0.